The molecule has 1 aromatic heterocycles. The summed E-state index contributed by atoms with van der Waals surface area (Å²) in [6, 6.07) is 10.3. The van der Waals surface area contributed by atoms with Gasteiger partial charge in [-0.05, 0) is 54.4 Å². The van der Waals surface area contributed by atoms with Gasteiger partial charge >= 0.3 is 11.9 Å². The van der Waals surface area contributed by atoms with Crippen molar-refractivity contribution in [1.29, 1.82) is 0 Å². The van der Waals surface area contributed by atoms with Gasteiger partial charge in [0.1, 0.15) is 11.8 Å². The van der Waals surface area contributed by atoms with Gasteiger partial charge in [0, 0.05) is 51.4 Å². The average Bonchev–Trinajstić information content (AvgIpc) is 3.31. The van der Waals surface area contributed by atoms with Gasteiger partial charge < -0.3 is 19.5 Å². The van der Waals surface area contributed by atoms with Crippen molar-refractivity contribution in [1.82, 2.24) is 9.88 Å². The maximum absolute atomic E-state index is 13.4. The third-order valence-electron chi connectivity index (χ3n) is 6.12. The average molecular weight is 577 g/mol. The molecule has 0 aliphatic heterocycles. The fourth-order valence-corrected chi connectivity index (χ4v) is 4.81. The van der Waals surface area contributed by atoms with Gasteiger partial charge in [0.25, 0.3) is 5.91 Å². The monoisotopic (exact) mass is 576 g/mol. The minimum absolute atomic E-state index is 0.0938. The maximum atomic E-state index is 13.4. The Hall–Kier alpha value is -3.70. The fourth-order valence-electron chi connectivity index (χ4n) is 4.12. The van der Waals surface area contributed by atoms with Crippen molar-refractivity contribution >= 4 is 57.1 Å². The molecule has 0 aliphatic carbocycles. The molecule has 0 fully saturated rings. The van der Waals surface area contributed by atoms with E-state index in [1.54, 1.807) is 42.5 Å². The molecule has 0 saturated heterocycles. The lowest BCUT2D eigenvalue weighted by molar-refractivity contribution is -0.146. The predicted molar refractivity (Wildman–Crippen MR) is 147 cm³/mol. The molecule has 1 N–H and O–H groups in total. The largest absolute Gasteiger partial charge is 0.497 e. The minimum atomic E-state index is -1.19. The molecule has 208 valence electrons. The first-order valence-corrected chi connectivity index (χ1v) is 13.9. The van der Waals surface area contributed by atoms with E-state index in [9.17, 15) is 23.4 Å². The zero-order valence-electron chi connectivity index (χ0n) is 21.9. The summed E-state index contributed by atoms with van der Waals surface area (Å²) < 4.78 is 28.0. The zero-order valence-corrected chi connectivity index (χ0v) is 23.5. The number of hydrogen-bond donors (Lipinski definition) is 1. The third-order valence-corrected chi connectivity index (χ3v) is 7.18. The van der Waals surface area contributed by atoms with Gasteiger partial charge in [-0.2, -0.15) is 0 Å². The molecular weight excluding hydrogens is 548 g/mol. The Morgan fingerprint density at radius 1 is 1.00 bits per heavy atom. The normalized spacial score (nSPS) is 13.3. The first-order chi connectivity index (χ1) is 18.6. The molecule has 3 rings (SSSR count). The van der Waals surface area contributed by atoms with Crippen LogP contribution >= 0.6 is 11.6 Å². The summed E-state index contributed by atoms with van der Waals surface area (Å²) in [5, 5.41) is 3.55. The van der Waals surface area contributed by atoms with E-state index >= 15 is 0 Å². The van der Waals surface area contributed by atoms with Crippen LogP contribution in [-0.4, -0.2) is 71.9 Å². The Balaban J connectivity index is 2.03. The molecule has 0 aliphatic rings. The number of esters is 2. The summed E-state index contributed by atoms with van der Waals surface area (Å²) in [5.41, 5.74) is 1.20. The zero-order chi connectivity index (χ0) is 28.7. The van der Waals surface area contributed by atoms with Crippen LogP contribution in [0.5, 0.6) is 5.75 Å². The van der Waals surface area contributed by atoms with Gasteiger partial charge in [-0.25, -0.2) is 4.79 Å². The summed E-state index contributed by atoms with van der Waals surface area (Å²) in [6.45, 7) is 0. The van der Waals surface area contributed by atoms with Crippen molar-refractivity contribution in [3.63, 3.8) is 0 Å². The second kappa shape index (κ2) is 13.4. The third kappa shape index (κ3) is 7.24. The highest BCUT2D eigenvalue weighted by molar-refractivity contribution is 7.84. The van der Waals surface area contributed by atoms with Crippen LogP contribution in [0, 0.1) is 0 Å². The number of carbonyl (C=O) groups excluding carboxylic acids is 4. The lowest BCUT2D eigenvalue weighted by Gasteiger charge is -2.18. The second-order valence-corrected chi connectivity index (χ2v) is 10.6. The van der Waals surface area contributed by atoms with Crippen LogP contribution < -0.4 is 10.1 Å². The molecule has 12 heteroatoms. The van der Waals surface area contributed by atoms with E-state index < -0.39 is 40.6 Å². The lowest BCUT2D eigenvalue weighted by atomic mass is 9.94. The number of carbonyl (C=O) groups is 4. The molecule has 3 aromatic rings. The minimum Gasteiger partial charge on any atom is -0.497 e. The van der Waals surface area contributed by atoms with Gasteiger partial charge in [-0.3, -0.25) is 23.2 Å². The van der Waals surface area contributed by atoms with Gasteiger partial charge in [-0.1, -0.05) is 11.6 Å². The number of halogens is 1. The number of methoxy groups -OCH3 is 3. The van der Waals surface area contributed by atoms with E-state index in [1.807, 2.05) is 0 Å². The number of aromatic nitrogens is 1. The molecule has 1 heterocycles. The molecule has 0 saturated carbocycles. The number of benzene rings is 2. The van der Waals surface area contributed by atoms with E-state index in [0.717, 1.165) is 0 Å². The molecule has 0 bridgehead atoms. The van der Waals surface area contributed by atoms with Crippen molar-refractivity contribution in [3.05, 3.63) is 64.8 Å². The Bertz CT molecular complexity index is 1400. The first kappa shape index (κ1) is 29.9. The number of nitrogens with zero attached hydrogens (tertiary/aromatic N) is 1. The first-order valence-electron chi connectivity index (χ1n) is 11.8. The van der Waals surface area contributed by atoms with E-state index in [4.69, 9.17) is 25.8 Å². The number of nitrogens with one attached hydrogen (secondary N) is 1. The van der Waals surface area contributed by atoms with E-state index in [2.05, 4.69) is 5.32 Å². The van der Waals surface area contributed by atoms with E-state index in [0.29, 0.717) is 32.8 Å². The Morgan fingerprint density at radius 2 is 1.67 bits per heavy atom. The number of fused-ring (bicyclic) bond motifs is 1. The molecule has 3 atom stereocenters. The van der Waals surface area contributed by atoms with Gasteiger partial charge in [0.15, 0.2) is 0 Å². The number of ether oxygens (including phenoxy) is 3. The van der Waals surface area contributed by atoms with Gasteiger partial charge in [0.2, 0.25) is 5.91 Å². The summed E-state index contributed by atoms with van der Waals surface area (Å²) >= 11 is 5.97. The van der Waals surface area contributed by atoms with E-state index in [-0.39, 0.29) is 24.5 Å². The molecule has 10 nitrogen and oxygen atoms in total. The van der Waals surface area contributed by atoms with Gasteiger partial charge in [-0.15, -0.1) is 0 Å². The number of rotatable bonds is 11. The fraction of sp³-hybridized carbons (Fsp3) is 0.333. The summed E-state index contributed by atoms with van der Waals surface area (Å²) in [4.78, 5) is 51.6. The van der Waals surface area contributed by atoms with Crippen molar-refractivity contribution in [3.8, 4) is 5.75 Å². The standard InChI is InChI=1S/C27H29ClN2O8S/c1-36-18-9-10-23-19(13-18)21(15-30(23)25(32)16-5-7-17(28)8-6-16)20(26(33)37-2)14-24(31)29-22(27(34)38-3)11-12-39(4)35/h5-10,13,15,20,22H,11-12,14H2,1-4H3,(H,29,31). The molecule has 2 aromatic carbocycles. The molecule has 3 unspecified atom stereocenters. The summed E-state index contributed by atoms with van der Waals surface area (Å²) in [5.74, 6) is -2.89. The highest BCUT2D eigenvalue weighted by Gasteiger charge is 2.31. The van der Waals surface area contributed by atoms with Crippen LogP contribution in [0.15, 0.2) is 48.7 Å². The topological polar surface area (TPSA) is 130 Å². The van der Waals surface area contributed by atoms with Crippen molar-refractivity contribution in [2.24, 2.45) is 0 Å². The SMILES string of the molecule is COC(=O)C(CCS(C)=O)NC(=O)CC(C(=O)OC)c1cn(C(=O)c2ccc(Cl)cc2)c2ccc(OC)cc12. The van der Waals surface area contributed by atoms with Crippen LogP contribution in [0.4, 0.5) is 0 Å². The van der Waals surface area contributed by atoms with Crippen molar-refractivity contribution in [2.75, 3.05) is 33.3 Å². The summed E-state index contributed by atoms with van der Waals surface area (Å²) in [7, 11) is 2.67. The van der Waals surface area contributed by atoms with Gasteiger partial charge in [0.05, 0.1) is 32.8 Å². The van der Waals surface area contributed by atoms with Crippen LogP contribution in [0.1, 0.15) is 34.7 Å². The molecule has 0 spiro atoms. The predicted octanol–water partition coefficient (Wildman–Crippen LogP) is 3.06. The quantitative estimate of drug-likeness (QED) is 0.345. The molecular formula is C27H29ClN2O8S. The molecule has 1 amide bonds. The Kier molecular flexibility index (Phi) is 10.2. The Morgan fingerprint density at radius 3 is 2.26 bits per heavy atom. The highest BCUT2D eigenvalue weighted by Crippen LogP contribution is 2.34. The van der Waals surface area contributed by atoms with Crippen LogP contribution in [0.2, 0.25) is 5.02 Å². The maximum Gasteiger partial charge on any atom is 0.328 e. The highest BCUT2D eigenvalue weighted by atomic mass is 35.5. The number of amides is 1. The molecule has 0 radical (unpaired) electrons. The van der Waals surface area contributed by atoms with Crippen molar-refractivity contribution in [2.45, 2.75) is 24.8 Å². The smallest absolute Gasteiger partial charge is 0.328 e. The van der Waals surface area contributed by atoms with Crippen LogP contribution in [-0.2, 0) is 34.7 Å². The Labute approximate surface area is 233 Å². The number of hydrogen-bond acceptors (Lipinski definition) is 8. The summed E-state index contributed by atoms with van der Waals surface area (Å²) in [6.07, 6.45) is 2.68. The van der Waals surface area contributed by atoms with Crippen LogP contribution in [0.3, 0.4) is 0 Å². The second-order valence-electron chi connectivity index (χ2n) is 8.64. The van der Waals surface area contributed by atoms with Crippen molar-refractivity contribution < 1.29 is 37.6 Å². The lowest BCUT2D eigenvalue weighted by Crippen LogP contribution is -2.43. The molecule has 39 heavy (non-hydrogen) atoms. The van der Waals surface area contributed by atoms with Crippen LogP contribution in [0.25, 0.3) is 10.9 Å². The van der Waals surface area contributed by atoms with E-state index in [1.165, 1.54) is 38.3 Å².